The van der Waals surface area contributed by atoms with E-state index in [0.717, 1.165) is 5.56 Å². The van der Waals surface area contributed by atoms with E-state index in [0.29, 0.717) is 5.56 Å². The highest BCUT2D eigenvalue weighted by atomic mass is 32.2. The predicted octanol–water partition coefficient (Wildman–Crippen LogP) is 0.924. The summed E-state index contributed by atoms with van der Waals surface area (Å²) in [7, 11) is -3.70. The van der Waals surface area contributed by atoms with Gasteiger partial charge in [0, 0.05) is 6.54 Å². The van der Waals surface area contributed by atoms with Gasteiger partial charge in [0.2, 0.25) is 10.0 Å². The molecular weight excluding hydrogens is 278 g/mol. The van der Waals surface area contributed by atoms with E-state index in [1.165, 1.54) is 0 Å². The van der Waals surface area contributed by atoms with Crippen LogP contribution < -0.4 is 4.72 Å². The van der Waals surface area contributed by atoms with Crippen molar-refractivity contribution in [2.24, 2.45) is 0 Å². The van der Waals surface area contributed by atoms with Crippen LogP contribution in [0, 0.1) is 6.92 Å². The lowest BCUT2D eigenvalue weighted by Gasteiger charge is -2.21. The third-order valence-electron chi connectivity index (χ3n) is 3.06. The zero-order chi connectivity index (χ0) is 15.6. The maximum atomic E-state index is 12.2. The first-order valence-corrected chi connectivity index (χ1v) is 7.96. The number of aryl methyl sites for hydroxylation is 1. The fourth-order valence-corrected chi connectivity index (χ4v) is 3.05. The summed E-state index contributed by atoms with van der Waals surface area (Å²) in [6, 6.07) is 5.34. The smallest absolute Gasteiger partial charge is 0.240 e. The molecule has 0 fully saturated rings. The number of sulfonamides is 1. The molecule has 0 aliphatic rings. The lowest BCUT2D eigenvalue weighted by molar-refractivity contribution is 0.0988. The van der Waals surface area contributed by atoms with Gasteiger partial charge in [0.05, 0.1) is 17.6 Å². The van der Waals surface area contributed by atoms with Gasteiger partial charge in [-0.05, 0) is 29.5 Å². The highest BCUT2D eigenvalue weighted by molar-refractivity contribution is 7.89. The van der Waals surface area contributed by atoms with Crippen LogP contribution in [0.4, 0.5) is 0 Å². The second kappa shape index (κ2) is 6.22. The summed E-state index contributed by atoms with van der Waals surface area (Å²) in [6.45, 7) is 7.07. The van der Waals surface area contributed by atoms with Gasteiger partial charge in [-0.2, -0.15) is 0 Å². The van der Waals surface area contributed by atoms with E-state index in [4.69, 9.17) is 5.11 Å². The van der Waals surface area contributed by atoms with Crippen LogP contribution in [0.5, 0.6) is 0 Å². The fourth-order valence-electron chi connectivity index (χ4n) is 1.70. The molecule has 5 nitrogen and oxygen atoms in total. The second-order valence-electron chi connectivity index (χ2n) is 5.92. The zero-order valence-electron chi connectivity index (χ0n) is 12.3. The van der Waals surface area contributed by atoms with Gasteiger partial charge in [-0.3, -0.25) is 0 Å². The molecule has 1 atom stereocenters. The Balaban J connectivity index is 3.11. The normalized spacial score (nSPS) is 14.3. The largest absolute Gasteiger partial charge is 0.394 e. The summed E-state index contributed by atoms with van der Waals surface area (Å²) >= 11 is 0. The molecule has 6 heteroatoms. The monoisotopic (exact) mass is 301 g/mol. The molecule has 0 heterocycles. The summed E-state index contributed by atoms with van der Waals surface area (Å²) in [5, 5.41) is 18.0. The third-order valence-corrected chi connectivity index (χ3v) is 4.63. The zero-order valence-corrected chi connectivity index (χ0v) is 13.2. The molecule has 0 aromatic heterocycles. The van der Waals surface area contributed by atoms with Gasteiger partial charge in [0.15, 0.2) is 0 Å². The predicted molar refractivity (Wildman–Crippen MR) is 78.2 cm³/mol. The first-order chi connectivity index (χ1) is 9.08. The quantitative estimate of drug-likeness (QED) is 0.755. The van der Waals surface area contributed by atoms with Gasteiger partial charge >= 0.3 is 0 Å². The lowest BCUT2D eigenvalue weighted by Crippen LogP contribution is -2.34. The van der Waals surface area contributed by atoms with Crippen molar-refractivity contribution in [1.82, 2.24) is 4.72 Å². The molecule has 0 spiro atoms. The molecule has 0 amide bonds. The minimum absolute atomic E-state index is 0.150. The molecule has 1 rings (SSSR count). The van der Waals surface area contributed by atoms with Gasteiger partial charge in [-0.25, -0.2) is 13.1 Å². The summed E-state index contributed by atoms with van der Waals surface area (Å²) in [5.74, 6) is 0. The molecule has 3 N–H and O–H groups in total. The van der Waals surface area contributed by atoms with Gasteiger partial charge in [0.25, 0.3) is 0 Å². The van der Waals surface area contributed by atoms with Crippen molar-refractivity contribution in [3.63, 3.8) is 0 Å². The van der Waals surface area contributed by atoms with Crippen LogP contribution in [0.2, 0.25) is 0 Å². The van der Waals surface area contributed by atoms with E-state index in [2.05, 4.69) is 4.72 Å². The van der Waals surface area contributed by atoms with Crippen molar-refractivity contribution in [3.8, 4) is 0 Å². The molecule has 0 saturated carbocycles. The molecule has 0 aliphatic carbocycles. The van der Waals surface area contributed by atoms with Crippen LogP contribution in [0.1, 0.15) is 31.9 Å². The second-order valence-corrected chi connectivity index (χ2v) is 7.65. The van der Waals surface area contributed by atoms with Gasteiger partial charge in [0.1, 0.15) is 0 Å². The average Bonchev–Trinajstić information content (AvgIpc) is 2.34. The van der Waals surface area contributed by atoms with Crippen LogP contribution >= 0.6 is 0 Å². The Morgan fingerprint density at radius 2 is 1.90 bits per heavy atom. The standard InChI is InChI=1S/C14H23NO4S/c1-10-5-6-11(14(2,3)4)7-13(10)20(18,19)15-8-12(17)9-16/h5-7,12,15-17H,8-9H2,1-4H3. The molecular formula is C14H23NO4S. The minimum atomic E-state index is -3.70. The van der Waals surface area contributed by atoms with Gasteiger partial charge < -0.3 is 10.2 Å². The molecule has 1 aromatic carbocycles. The Kier molecular flexibility index (Phi) is 5.32. The van der Waals surface area contributed by atoms with Crippen molar-refractivity contribution in [1.29, 1.82) is 0 Å². The van der Waals surface area contributed by atoms with Crippen LogP contribution in [0.25, 0.3) is 0 Å². The van der Waals surface area contributed by atoms with Gasteiger partial charge in [-0.15, -0.1) is 0 Å². The van der Waals surface area contributed by atoms with Crippen molar-refractivity contribution in [2.45, 2.75) is 44.1 Å². The van der Waals surface area contributed by atoms with Crippen molar-refractivity contribution in [2.75, 3.05) is 13.2 Å². The van der Waals surface area contributed by atoms with E-state index < -0.39 is 22.7 Å². The van der Waals surface area contributed by atoms with Crippen molar-refractivity contribution >= 4 is 10.0 Å². The lowest BCUT2D eigenvalue weighted by atomic mass is 9.87. The van der Waals surface area contributed by atoms with Crippen molar-refractivity contribution < 1.29 is 18.6 Å². The molecule has 114 valence electrons. The molecule has 0 radical (unpaired) electrons. The van der Waals surface area contributed by atoms with E-state index in [1.807, 2.05) is 26.8 Å². The molecule has 0 bridgehead atoms. The van der Waals surface area contributed by atoms with E-state index in [-0.39, 0.29) is 16.9 Å². The summed E-state index contributed by atoms with van der Waals surface area (Å²) in [5.41, 5.74) is 1.41. The topological polar surface area (TPSA) is 86.6 Å². The molecule has 0 saturated heterocycles. The van der Waals surface area contributed by atoms with Crippen LogP contribution in [-0.4, -0.2) is 37.9 Å². The van der Waals surface area contributed by atoms with E-state index >= 15 is 0 Å². The number of aliphatic hydroxyl groups excluding tert-OH is 2. The maximum absolute atomic E-state index is 12.2. The Bertz CT molecular complexity index is 561. The summed E-state index contributed by atoms with van der Waals surface area (Å²) in [6.07, 6.45) is -1.10. The number of hydrogen-bond donors (Lipinski definition) is 3. The fraction of sp³-hybridized carbons (Fsp3) is 0.571. The average molecular weight is 301 g/mol. The van der Waals surface area contributed by atoms with Crippen LogP contribution in [0.15, 0.2) is 23.1 Å². The number of nitrogens with one attached hydrogen (secondary N) is 1. The molecule has 1 aromatic rings. The SMILES string of the molecule is Cc1ccc(C(C)(C)C)cc1S(=O)(=O)NCC(O)CO. The first-order valence-electron chi connectivity index (χ1n) is 6.47. The Hall–Kier alpha value is -0.950. The Labute approximate surface area is 120 Å². The molecule has 1 unspecified atom stereocenters. The number of hydrogen-bond acceptors (Lipinski definition) is 4. The summed E-state index contributed by atoms with van der Waals surface area (Å²) in [4.78, 5) is 0.204. The Morgan fingerprint density at radius 3 is 2.40 bits per heavy atom. The molecule has 20 heavy (non-hydrogen) atoms. The highest BCUT2D eigenvalue weighted by Gasteiger charge is 2.21. The maximum Gasteiger partial charge on any atom is 0.240 e. The van der Waals surface area contributed by atoms with Gasteiger partial charge in [-0.1, -0.05) is 32.9 Å². The summed E-state index contributed by atoms with van der Waals surface area (Å²) < 4.78 is 26.8. The van der Waals surface area contributed by atoms with Crippen LogP contribution in [0.3, 0.4) is 0 Å². The third kappa shape index (κ3) is 4.28. The van der Waals surface area contributed by atoms with Crippen LogP contribution in [-0.2, 0) is 15.4 Å². The van der Waals surface area contributed by atoms with E-state index in [9.17, 15) is 13.5 Å². The minimum Gasteiger partial charge on any atom is -0.394 e. The number of benzene rings is 1. The Morgan fingerprint density at radius 1 is 1.30 bits per heavy atom. The number of rotatable bonds is 5. The first kappa shape index (κ1) is 17.1. The molecule has 0 aliphatic heterocycles. The van der Waals surface area contributed by atoms with Crippen molar-refractivity contribution in [3.05, 3.63) is 29.3 Å². The van der Waals surface area contributed by atoms with E-state index in [1.54, 1.807) is 19.1 Å². The number of aliphatic hydroxyl groups is 2. The highest BCUT2D eigenvalue weighted by Crippen LogP contribution is 2.26.